The molecule has 0 aliphatic rings. The van der Waals surface area contributed by atoms with Crippen molar-refractivity contribution in [1.29, 1.82) is 0 Å². The van der Waals surface area contributed by atoms with E-state index in [-0.39, 0.29) is 68.0 Å². The van der Waals surface area contributed by atoms with Gasteiger partial charge < -0.3 is 10.3 Å². The normalized spacial score (nSPS) is 11.6. The third-order valence-electron chi connectivity index (χ3n) is 4.07. The van der Waals surface area contributed by atoms with Crippen molar-refractivity contribution < 1.29 is 70.4 Å². The van der Waals surface area contributed by atoms with E-state index in [1.165, 1.54) is 18.2 Å². The van der Waals surface area contributed by atoms with Crippen LogP contribution in [0.5, 0.6) is 0 Å². The second kappa shape index (κ2) is 12.9. The van der Waals surface area contributed by atoms with Gasteiger partial charge in [-0.25, -0.2) is 8.78 Å². The molecule has 0 bridgehead atoms. The van der Waals surface area contributed by atoms with Gasteiger partial charge in [0, 0.05) is 22.5 Å². The third kappa shape index (κ3) is 6.47. The predicted octanol–water partition coefficient (Wildman–Crippen LogP) is 2.96. The number of hydrogen-bond acceptors (Lipinski definition) is 3. The van der Waals surface area contributed by atoms with Crippen molar-refractivity contribution >= 4 is 17.9 Å². The van der Waals surface area contributed by atoms with Crippen LogP contribution in [0.3, 0.4) is 0 Å². The van der Waals surface area contributed by atoms with Crippen LogP contribution in [0.2, 0.25) is 0 Å². The summed E-state index contributed by atoms with van der Waals surface area (Å²) in [5.41, 5.74) is 2.74. The molecule has 0 spiro atoms. The molecule has 146 valence electrons. The van der Waals surface area contributed by atoms with E-state index in [0.717, 1.165) is 6.08 Å². The Labute approximate surface area is 212 Å². The van der Waals surface area contributed by atoms with Gasteiger partial charge in [0.05, 0.1) is 6.29 Å². The van der Waals surface area contributed by atoms with Crippen molar-refractivity contribution in [3.63, 3.8) is 0 Å². The van der Waals surface area contributed by atoms with Crippen molar-refractivity contribution in [1.82, 2.24) is 4.98 Å². The summed E-state index contributed by atoms with van der Waals surface area (Å²) >= 11 is 0. The number of allylic oxidation sites excluding steroid dienone is 6. The van der Waals surface area contributed by atoms with Crippen LogP contribution in [0.15, 0.2) is 61.0 Å². The van der Waals surface area contributed by atoms with Crippen molar-refractivity contribution in [2.24, 2.45) is 0 Å². The molecular formula is C23H21F2KNO2-. The molecule has 1 aromatic heterocycles. The summed E-state index contributed by atoms with van der Waals surface area (Å²) in [5, 5.41) is 0. The molecule has 0 aliphatic carbocycles. The van der Waals surface area contributed by atoms with Gasteiger partial charge in [0.15, 0.2) is 0 Å². The molecule has 1 aromatic carbocycles. The molecule has 29 heavy (non-hydrogen) atoms. The van der Waals surface area contributed by atoms with E-state index in [1.807, 2.05) is 13.2 Å². The summed E-state index contributed by atoms with van der Waals surface area (Å²) in [5.74, 6) is -1.10. The minimum Gasteiger partial charge on any atom is -0.870 e. The average Bonchev–Trinajstić information content (AvgIpc) is 2.67. The minimum atomic E-state index is -0.564. The Kier molecular flexibility index (Phi) is 12.2. The maximum atomic E-state index is 14.8. The summed E-state index contributed by atoms with van der Waals surface area (Å²) in [6.45, 7) is 8.76. The number of hydrogen-bond donors (Lipinski definition) is 0. The van der Waals surface area contributed by atoms with Gasteiger partial charge in [-0.1, -0.05) is 49.9 Å². The van der Waals surface area contributed by atoms with Crippen LogP contribution in [0.1, 0.15) is 36.2 Å². The number of rotatable bonds is 6. The van der Waals surface area contributed by atoms with E-state index in [1.54, 1.807) is 44.2 Å². The third-order valence-corrected chi connectivity index (χ3v) is 4.07. The SMILES string of the molecule is C=C/C(F)=C(\C=C/C)c1ccc(-c2cc([C-]=O)c(C)c(/C=C\C)n2)c(F)c1.[K+].[OH-]. The summed E-state index contributed by atoms with van der Waals surface area (Å²) in [4.78, 5) is 15.7. The zero-order chi connectivity index (χ0) is 20.0. The molecule has 0 aliphatic heterocycles. The van der Waals surface area contributed by atoms with Crippen molar-refractivity contribution in [3.05, 3.63) is 89.2 Å². The standard InChI is InChI=1S/C23H20F2NO.K.H2O/c1-5-8-18(20(24)7-3)16-10-11-19(21(25)12-16)23-13-17(14-27)15(4)22(26-23)9-6-2;;/h5-13H,3H2,1-2,4H3;;1H2/q-1;+1;/p-1/b8-5-,9-6-,20-18-;;. The molecule has 1 N–H and O–H groups in total. The molecular weight excluding hydrogens is 399 g/mol. The molecule has 0 fully saturated rings. The van der Waals surface area contributed by atoms with Crippen LogP contribution in [-0.4, -0.2) is 16.7 Å². The van der Waals surface area contributed by atoms with Crippen LogP contribution in [0.25, 0.3) is 22.9 Å². The van der Waals surface area contributed by atoms with E-state index >= 15 is 0 Å². The predicted molar refractivity (Wildman–Crippen MR) is 109 cm³/mol. The quantitative estimate of drug-likeness (QED) is 0.410. The maximum Gasteiger partial charge on any atom is 1.00 e. The monoisotopic (exact) mass is 420 g/mol. The zero-order valence-corrected chi connectivity index (χ0v) is 20.1. The van der Waals surface area contributed by atoms with E-state index in [9.17, 15) is 13.6 Å². The number of pyridine rings is 1. The van der Waals surface area contributed by atoms with Crippen molar-refractivity contribution in [3.8, 4) is 11.3 Å². The fraction of sp³-hybridized carbons (Fsp3) is 0.130. The maximum absolute atomic E-state index is 14.8. The van der Waals surface area contributed by atoms with Gasteiger partial charge in [-0.15, -0.1) is 17.2 Å². The number of benzene rings is 1. The zero-order valence-electron chi connectivity index (χ0n) is 17.0. The molecule has 2 rings (SSSR count). The van der Waals surface area contributed by atoms with Gasteiger partial charge in [0.25, 0.3) is 0 Å². The van der Waals surface area contributed by atoms with Gasteiger partial charge >= 0.3 is 51.4 Å². The Morgan fingerprint density at radius 3 is 2.41 bits per heavy atom. The molecule has 0 atom stereocenters. The molecule has 0 radical (unpaired) electrons. The largest absolute Gasteiger partial charge is 1.00 e. The van der Waals surface area contributed by atoms with Crippen LogP contribution in [-0.2, 0) is 4.79 Å². The van der Waals surface area contributed by atoms with Gasteiger partial charge in [-0.2, -0.15) is 0 Å². The first-order chi connectivity index (χ1) is 13.0. The Balaban J connectivity index is 0.00000392. The Morgan fingerprint density at radius 2 is 1.90 bits per heavy atom. The summed E-state index contributed by atoms with van der Waals surface area (Å²) in [6, 6.07) is 5.88. The Bertz CT molecular complexity index is 979. The molecule has 6 heteroatoms. The fourth-order valence-electron chi connectivity index (χ4n) is 2.67. The topological polar surface area (TPSA) is 60.0 Å². The van der Waals surface area contributed by atoms with Crippen LogP contribution in [0.4, 0.5) is 8.78 Å². The summed E-state index contributed by atoms with van der Waals surface area (Å²) in [6.07, 6.45) is 9.71. The summed E-state index contributed by atoms with van der Waals surface area (Å²) < 4.78 is 28.8. The molecule has 3 nitrogen and oxygen atoms in total. The average molecular weight is 421 g/mol. The van der Waals surface area contributed by atoms with Gasteiger partial charge in [-0.3, -0.25) is 4.98 Å². The van der Waals surface area contributed by atoms with E-state index < -0.39 is 11.6 Å². The first-order valence-electron chi connectivity index (χ1n) is 8.44. The number of carbonyl (C=O) groups excluding carboxylic acids is 1. The second-order valence-corrected chi connectivity index (χ2v) is 5.83. The molecule has 0 unspecified atom stereocenters. The Morgan fingerprint density at radius 1 is 1.21 bits per heavy atom. The first kappa shape index (κ1) is 27.5. The number of halogens is 2. The molecule has 1 heterocycles. The second-order valence-electron chi connectivity index (χ2n) is 5.83. The van der Waals surface area contributed by atoms with Crippen molar-refractivity contribution in [2.75, 3.05) is 0 Å². The van der Waals surface area contributed by atoms with Crippen LogP contribution >= 0.6 is 0 Å². The van der Waals surface area contributed by atoms with Crippen molar-refractivity contribution in [2.45, 2.75) is 20.8 Å². The minimum absolute atomic E-state index is 0. The fourth-order valence-corrected chi connectivity index (χ4v) is 2.67. The van der Waals surface area contributed by atoms with Crippen LogP contribution < -0.4 is 51.4 Å². The molecule has 0 saturated carbocycles. The van der Waals surface area contributed by atoms with Gasteiger partial charge in [0.2, 0.25) is 0 Å². The van der Waals surface area contributed by atoms with E-state index in [0.29, 0.717) is 28.1 Å². The van der Waals surface area contributed by atoms with Crippen LogP contribution in [0, 0.1) is 12.7 Å². The molecule has 0 amide bonds. The summed E-state index contributed by atoms with van der Waals surface area (Å²) in [7, 11) is 0. The smallest absolute Gasteiger partial charge is 0.870 e. The first-order valence-corrected chi connectivity index (χ1v) is 8.44. The van der Waals surface area contributed by atoms with Gasteiger partial charge in [0.1, 0.15) is 11.6 Å². The number of nitrogens with zero attached hydrogens (tertiary/aromatic N) is 1. The van der Waals surface area contributed by atoms with Gasteiger partial charge in [-0.05, 0) is 31.6 Å². The number of aromatic nitrogens is 1. The van der Waals surface area contributed by atoms with E-state index in [4.69, 9.17) is 0 Å². The van der Waals surface area contributed by atoms with E-state index in [2.05, 4.69) is 11.6 Å². The molecule has 2 aromatic rings. The Hall–Kier alpha value is -1.54. The molecule has 0 saturated heterocycles.